The summed E-state index contributed by atoms with van der Waals surface area (Å²) < 4.78 is 37.7. The summed E-state index contributed by atoms with van der Waals surface area (Å²) in [7, 11) is -3.18. The van der Waals surface area contributed by atoms with Crippen molar-refractivity contribution in [3.63, 3.8) is 0 Å². The van der Waals surface area contributed by atoms with E-state index in [1.807, 2.05) is 18.2 Å². The molecule has 0 spiro atoms. The minimum absolute atomic E-state index is 0.0673. The van der Waals surface area contributed by atoms with E-state index in [1.165, 1.54) is 12.1 Å². The zero-order chi connectivity index (χ0) is 25.6. The van der Waals surface area contributed by atoms with E-state index in [1.54, 1.807) is 36.9 Å². The number of nitrogens with zero attached hydrogens (tertiary/aromatic N) is 5. The Bertz CT molecular complexity index is 1880. The molecule has 6 rings (SSSR count). The number of hydrogen-bond donors (Lipinski definition) is 2. The first-order chi connectivity index (χ1) is 17.8. The molecule has 37 heavy (non-hydrogen) atoms. The lowest BCUT2D eigenvalue weighted by atomic mass is 10.0. The number of aromatic amines is 2. The summed E-state index contributed by atoms with van der Waals surface area (Å²) in [6.07, 6.45) is 8.16. The molecule has 0 aliphatic heterocycles. The van der Waals surface area contributed by atoms with E-state index in [2.05, 4.69) is 30.1 Å². The molecule has 2 N–H and O–H groups in total. The molecule has 0 saturated heterocycles. The Morgan fingerprint density at radius 3 is 2.65 bits per heavy atom. The van der Waals surface area contributed by atoms with E-state index in [4.69, 9.17) is 4.98 Å². The third-order valence-electron chi connectivity index (χ3n) is 6.02. The van der Waals surface area contributed by atoms with Crippen LogP contribution in [0.2, 0.25) is 0 Å². The Morgan fingerprint density at radius 1 is 0.946 bits per heavy atom. The molecule has 1 aromatic carbocycles. The van der Waals surface area contributed by atoms with E-state index >= 15 is 0 Å². The molecule has 11 heteroatoms. The van der Waals surface area contributed by atoms with Gasteiger partial charge in [-0.15, -0.1) is 0 Å². The zero-order valence-corrected chi connectivity index (χ0v) is 20.4. The van der Waals surface area contributed by atoms with Crippen LogP contribution in [0.25, 0.3) is 56.0 Å². The van der Waals surface area contributed by atoms with Crippen molar-refractivity contribution in [1.29, 1.82) is 0 Å². The van der Waals surface area contributed by atoms with E-state index in [0.717, 1.165) is 28.4 Å². The van der Waals surface area contributed by atoms with E-state index < -0.39 is 15.7 Å². The fraction of sp³-hybridized carbons (Fsp3) is 0.115. The Labute approximate surface area is 210 Å². The van der Waals surface area contributed by atoms with Crippen LogP contribution in [-0.4, -0.2) is 55.5 Å². The molecule has 0 aliphatic carbocycles. The van der Waals surface area contributed by atoms with E-state index in [-0.39, 0.29) is 12.2 Å². The number of H-pyrrole nitrogens is 2. The normalized spacial score (nSPS) is 11.9. The number of nitrogens with one attached hydrogen (secondary N) is 2. The van der Waals surface area contributed by atoms with Gasteiger partial charge in [-0.2, -0.15) is 5.10 Å². The van der Waals surface area contributed by atoms with Crippen molar-refractivity contribution in [2.24, 2.45) is 0 Å². The van der Waals surface area contributed by atoms with Crippen LogP contribution in [0.15, 0.2) is 67.3 Å². The second-order valence-corrected chi connectivity index (χ2v) is 11.1. The molecule has 0 atom stereocenters. The van der Waals surface area contributed by atoms with Crippen molar-refractivity contribution in [2.45, 2.75) is 6.42 Å². The minimum Gasteiger partial charge on any atom is -0.336 e. The summed E-state index contributed by atoms with van der Waals surface area (Å²) in [6, 6.07) is 12.0. The van der Waals surface area contributed by atoms with Gasteiger partial charge in [-0.1, -0.05) is 0 Å². The Balaban J connectivity index is 1.44. The van der Waals surface area contributed by atoms with Crippen molar-refractivity contribution in [3.05, 3.63) is 78.6 Å². The maximum Gasteiger partial charge on any atom is 0.159 e. The van der Waals surface area contributed by atoms with Crippen LogP contribution in [0, 0.1) is 5.82 Å². The summed E-state index contributed by atoms with van der Waals surface area (Å²) in [5.41, 5.74) is 5.83. The number of sulfone groups is 1. The van der Waals surface area contributed by atoms with Crippen molar-refractivity contribution in [3.8, 4) is 34.0 Å². The number of rotatable bonds is 6. The maximum atomic E-state index is 14.5. The molecule has 9 nitrogen and oxygen atoms in total. The summed E-state index contributed by atoms with van der Waals surface area (Å²) in [4.78, 5) is 21.2. The lowest BCUT2D eigenvalue weighted by Gasteiger charge is -2.06. The largest absolute Gasteiger partial charge is 0.336 e. The fourth-order valence-corrected chi connectivity index (χ4v) is 4.87. The quantitative estimate of drug-likeness (QED) is 0.339. The number of halogens is 1. The second kappa shape index (κ2) is 8.86. The predicted octanol–water partition coefficient (Wildman–Crippen LogP) is 4.35. The number of pyridine rings is 3. The van der Waals surface area contributed by atoms with Gasteiger partial charge in [-0.05, 0) is 54.4 Å². The number of aromatic nitrogens is 7. The van der Waals surface area contributed by atoms with E-state index in [9.17, 15) is 12.8 Å². The molecule has 184 valence electrons. The third-order valence-corrected chi connectivity index (χ3v) is 6.97. The molecule has 0 amide bonds. The van der Waals surface area contributed by atoms with Gasteiger partial charge in [0.25, 0.3) is 0 Å². The van der Waals surface area contributed by atoms with Gasteiger partial charge in [-0.3, -0.25) is 20.1 Å². The molecule has 0 unspecified atom stereocenters. The van der Waals surface area contributed by atoms with Gasteiger partial charge < -0.3 is 4.98 Å². The highest BCUT2D eigenvalue weighted by Crippen LogP contribution is 2.32. The highest BCUT2D eigenvalue weighted by atomic mass is 32.2. The lowest BCUT2D eigenvalue weighted by molar-refractivity contribution is 0.600. The summed E-state index contributed by atoms with van der Waals surface area (Å²) in [6.45, 7) is 0. The second-order valence-electron chi connectivity index (χ2n) is 8.80. The van der Waals surface area contributed by atoms with Gasteiger partial charge in [0.05, 0.1) is 34.4 Å². The predicted molar refractivity (Wildman–Crippen MR) is 139 cm³/mol. The SMILES string of the molecule is CS(=O)(=O)CCc1cc(F)cc(-c2nccc3[nH]c(-c4n[nH]c5cnc(-c6cccnc6)cc45)nc23)c1. The minimum atomic E-state index is -3.18. The van der Waals surface area contributed by atoms with Crippen molar-refractivity contribution < 1.29 is 12.8 Å². The molecule has 0 aliphatic rings. The van der Waals surface area contributed by atoms with Crippen molar-refractivity contribution in [1.82, 2.24) is 35.1 Å². The first-order valence-electron chi connectivity index (χ1n) is 11.4. The molecule has 6 aromatic rings. The zero-order valence-electron chi connectivity index (χ0n) is 19.6. The first kappa shape index (κ1) is 22.9. The molecule has 5 heterocycles. The van der Waals surface area contributed by atoms with Gasteiger partial charge >= 0.3 is 0 Å². The first-order valence-corrected chi connectivity index (χ1v) is 13.5. The highest BCUT2D eigenvalue weighted by molar-refractivity contribution is 7.90. The van der Waals surface area contributed by atoms with E-state index in [0.29, 0.717) is 39.4 Å². The van der Waals surface area contributed by atoms with Crippen LogP contribution in [0.5, 0.6) is 0 Å². The van der Waals surface area contributed by atoms with Gasteiger partial charge in [0.1, 0.15) is 26.9 Å². The van der Waals surface area contributed by atoms with Crippen LogP contribution in [0.3, 0.4) is 0 Å². The average molecular weight is 514 g/mol. The number of fused-ring (bicyclic) bond motifs is 2. The molecular weight excluding hydrogens is 493 g/mol. The summed E-state index contributed by atoms with van der Waals surface area (Å²) in [5, 5.41) is 8.29. The molecule has 0 bridgehead atoms. The van der Waals surface area contributed by atoms with Crippen molar-refractivity contribution in [2.75, 3.05) is 12.0 Å². The summed E-state index contributed by atoms with van der Waals surface area (Å²) in [5.74, 6) is -0.0146. The maximum absolute atomic E-state index is 14.5. The van der Waals surface area contributed by atoms with Crippen LogP contribution in [0.1, 0.15) is 5.56 Å². The van der Waals surface area contributed by atoms with Crippen molar-refractivity contribution >= 4 is 31.8 Å². The number of imidazole rings is 1. The van der Waals surface area contributed by atoms with Gasteiger partial charge in [0, 0.05) is 41.4 Å². The van der Waals surface area contributed by atoms with Crippen LogP contribution >= 0.6 is 0 Å². The third kappa shape index (κ3) is 4.56. The molecule has 0 fully saturated rings. The molecule has 5 aromatic heterocycles. The monoisotopic (exact) mass is 513 g/mol. The molecular formula is C26H20FN7O2S. The van der Waals surface area contributed by atoms with Gasteiger partial charge in [-0.25, -0.2) is 17.8 Å². The van der Waals surface area contributed by atoms with Crippen LogP contribution < -0.4 is 0 Å². The van der Waals surface area contributed by atoms with Gasteiger partial charge in [0.2, 0.25) is 0 Å². The Kier molecular flexibility index (Phi) is 5.49. The van der Waals surface area contributed by atoms with Crippen LogP contribution in [-0.2, 0) is 16.3 Å². The van der Waals surface area contributed by atoms with Gasteiger partial charge in [0.15, 0.2) is 5.82 Å². The van der Waals surface area contributed by atoms with Crippen LogP contribution in [0.4, 0.5) is 4.39 Å². The number of hydrogen-bond acceptors (Lipinski definition) is 7. The molecule has 0 radical (unpaired) electrons. The smallest absolute Gasteiger partial charge is 0.159 e. The number of aryl methyl sites for hydroxylation is 1. The Morgan fingerprint density at radius 2 is 1.84 bits per heavy atom. The topological polar surface area (TPSA) is 130 Å². The standard InChI is InChI=1S/C26H20FN7O2S/c1-37(35,36)8-5-15-9-17(11-18(27)10-15)23-25-20(4-7-29-23)31-26(32-25)24-19-12-21(16-3-2-6-28-13-16)30-14-22(19)33-34-24/h2-4,6-7,9-14H,5,8H2,1H3,(H,31,32)(H,33,34). The number of benzene rings is 1. The summed E-state index contributed by atoms with van der Waals surface area (Å²) >= 11 is 0. The highest BCUT2D eigenvalue weighted by Gasteiger charge is 2.18. The lowest BCUT2D eigenvalue weighted by Crippen LogP contribution is -2.06. The Hall–Kier alpha value is -4.51. The fourth-order valence-electron chi connectivity index (χ4n) is 4.26. The average Bonchev–Trinajstić information content (AvgIpc) is 3.51. The molecule has 0 saturated carbocycles.